The van der Waals surface area contributed by atoms with Crippen LogP contribution in [0.15, 0.2) is 35.4 Å². The van der Waals surface area contributed by atoms with Crippen LogP contribution in [-0.4, -0.2) is 92.8 Å². The third-order valence-corrected chi connectivity index (χ3v) is 11.0. The van der Waals surface area contributed by atoms with Crippen molar-refractivity contribution >= 4 is 15.9 Å². The lowest BCUT2D eigenvalue weighted by atomic mass is 9.89. The lowest BCUT2D eigenvalue weighted by Crippen LogP contribution is -2.51. The fraction of sp³-hybridized carbons (Fsp3) is 0.633. The third-order valence-electron chi connectivity index (χ3n) is 8.78. The van der Waals surface area contributed by atoms with Crippen molar-refractivity contribution in [3.05, 3.63) is 47.3 Å². The highest BCUT2D eigenvalue weighted by Crippen LogP contribution is 2.35. The van der Waals surface area contributed by atoms with Gasteiger partial charge in [0.2, 0.25) is 15.9 Å². The van der Waals surface area contributed by atoms with Crippen LogP contribution < -0.4 is 10.1 Å². The topological polar surface area (TPSA) is 102 Å². The molecule has 0 bridgehead atoms. The van der Waals surface area contributed by atoms with Crippen LogP contribution in [-0.2, 0) is 30.8 Å². The molecule has 3 aliphatic rings. The zero-order valence-electron chi connectivity index (χ0n) is 24.7. The standard InChI is InChI=1S/C30H44N4O6S/c1-21-17-26(38-4)18-22(2)29(21)41(36,37)34-12-11-33-10-6-9-27(33)28(34)20-40-23(3)30(35)31-24-7-5-8-25(19-24)32-13-15-39-16-14-32/h6,9-10,17-18,23-25,28H,5,7-8,11-16,19-20H2,1-4H3,(H,31,35). The predicted molar refractivity (Wildman–Crippen MR) is 156 cm³/mol. The molecule has 41 heavy (non-hydrogen) atoms. The summed E-state index contributed by atoms with van der Waals surface area (Å²) in [5.41, 5.74) is 2.13. The second-order valence-electron chi connectivity index (χ2n) is 11.5. The summed E-state index contributed by atoms with van der Waals surface area (Å²) in [4.78, 5) is 16.0. The molecule has 1 saturated heterocycles. The molecule has 1 aliphatic carbocycles. The number of aryl methyl sites for hydroxylation is 2. The zero-order valence-corrected chi connectivity index (χ0v) is 25.5. The first kappa shape index (κ1) is 30.0. The van der Waals surface area contributed by atoms with Crippen LogP contribution in [0.3, 0.4) is 0 Å². The maximum Gasteiger partial charge on any atom is 0.249 e. The number of carbonyl (C=O) groups is 1. The number of carbonyl (C=O) groups excluding carboxylic acids is 1. The van der Waals surface area contributed by atoms with E-state index in [1.165, 1.54) is 4.31 Å². The Bertz CT molecular complexity index is 1300. The minimum Gasteiger partial charge on any atom is -0.497 e. The van der Waals surface area contributed by atoms with Gasteiger partial charge in [-0.2, -0.15) is 4.31 Å². The molecular weight excluding hydrogens is 544 g/mol. The molecule has 11 heteroatoms. The molecule has 1 aromatic carbocycles. The zero-order chi connectivity index (χ0) is 29.1. The first-order valence-corrected chi connectivity index (χ1v) is 16.2. The van der Waals surface area contributed by atoms with Crippen LogP contribution >= 0.6 is 0 Å². The van der Waals surface area contributed by atoms with E-state index in [1.807, 2.05) is 18.3 Å². The highest BCUT2D eigenvalue weighted by Gasteiger charge is 2.39. The van der Waals surface area contributed by atoms with Crippen molar-refractivity contribution in [2.75, 3.05) is 46.6 Å². The lowest BCUT2D eigenvalue weighted by molar-refractivity contribution is -0.133. The molecule has 4 atom stereocenters. The molecular formula is C30H44N4O6S. The summed E-state index contributed by atoms with van der Waals surface area (Å²) in [7, 11) is -2.28. The van der Waals surface area contributed by atoms with E-state index in [1.54, 1.807) is 40.0 Å². The van der Waals surface area contributed by atoms with E-state index < -0.39 is 22.2 Å². The van der Waals surface area contributed by atoms with Gasteiger partial charge in [-0.1, -0.05) is 0 Å². The van der Waals surface area contributed by atoms with E-state index in [0.717, 1.165) is 57.7 Å². The molecule has 2 aromatic rings. The molecule has 5 rings (SSSR count). The molecule has 2 fully saturated rings. The Balaban J connectivity index is 1.27. The Morgan fingerprint density at radius 3 is 2.56 bits per heavy atom. The Hall–Kier alpha value is -2.44. The molecule has 226 valence electrons. The Morgan fingerprint density at radius 2 is 1.85 bits per heavy atom. The van der Waals surface area contributed by atoms with Gasteiger partial charge >= 0.3 is 0 Å². The van der Waals surface area contributed by atoms with Crippen LogP contribution in [0.5, 0.6) is 5.75 Å². The van der Waals surface area contributed by atoms with Crippen molar-refractivity contribution in [2.24, 2.45) is 0 Å². The number of hydrogen-bond donors (Lipinski definition) is 1. The number of ether oxygens (including phenoxy) is 3. The summed E-state index contributed by atoms with van der Waals surface area (Å²) >= 11 is 0. The number of sulfonamides is 1. The SMILES string of the molecule is COc1cc(C)c(S(=O)(=O)N2CCn3cccc3C2COC(C)C(=O)NC2CCCC(N3CCOCC3)C2)c(C)c1. The van der Waals surface area contributed by atoms with Gasteiger partial charge in [0.15, 0.2) is 0 Å². The molecule has 10 nitrogen and oxygen atoms in total. The number of nitrogens with one attached hydrogen (secondary N) is 1. The van der Waals surface area contributed by atoms with Crippen LogP contribution in [0.25, 0.3) is 0 Å². The number of rotatable bonds is 9. The number of aromatic nitrogens is 1. The van der Waals surface area contributed by atoms with E-state index in [0.29, 0.717) is 40.9 Å². The van der Waals surface area contributed by atoms with Crippen molar-refractivity contribution in [2.45, 2.75) is 82.1 Å². The molecule has 2 aliphatic heterocycles. The summed E-state index contributed by atoms with van der Waals surface area (Å²) in [6, 6.07) is 7.38. The van der Waals surface area contributed by atoms with Gasteiger partial charge in [0, 0.05) is 50.2 Å². The van der Waals surface area contributed by atoms with Gasteiger partial charge < -0.3 is 24.1 Å². The molecule has 0 spiro atoms. The normalized spacial score (nSPS) is 24.9. The maximum atomic E-state index is 14.1. The fourth-order valence-electron chi connectivity index (χ4n) is 6.65. The van der Waals surface area contributed by atoms with Gasteiger partial charge in [0.1, 0.15) is 11.9 Å². The lowest BCUT2D eigenvalue weighted by Gasteiger charge is -2.39. The number of methoxy groups -OCH3 is 1. The first-order valence-electron chi connectivity index (χ1n) is 14.7. The number of hydrogen-bond acceptors (Lipinski definition) is 7. The van der Waals surface area contributed by atoms with Crippen molar-refractivity contribution in [1.82, 2.24) is 19.1 Å². The molecule has 0 radical (unpaired) electrons. The van der Waals surface area contributed by atoms with Gasteiger partial charge in [0.05, 0.1) is 37.9 Å². The summed E-state index contributed by atoms with van der Waals surface area (Å²) in [6.45, 7) is 9.71. The van der Waals surface area contributed by atoms with Gasteiger partial charge in [0.25, 0.3) is 0 Å². The average Bonchev–Trinajstić information content (AvgIpc) is 3.45. The third kappa shape index (κ3) is 6.49. The van der Waals surface area contributed by atoms with Crippen molar-refractivity contribution < 1.29 is 27.4 Å². The predicted octanol–water partition coefficient (Wildman–Crippen LogP) is 3.02. The van der Waals surface area contributed by atoms with Crippen LogP contribution in [0.4, 0.5) is 0 Å². The second-order valence-corrected chi connectivity index (χ2v) is 13.3. The summed E-state index contributed by atoms with van der Waals surface area (Å²) < 4.78 is 48.8. The van der Waals surface area contributed by atoms with Gasteiger partial charge in [-0.3, -0.25) is 9.69 Å². The highest BCUT2D eigenvalue weighted by atomic mass is 32.2. The number of amides is 1. The van der Waals surface area contributed by atoms with Gasteiger partial charge in [-0.15, -0.1) is 0 Å². The minimum atomic E-state index is -3.86. The van der Waals surface area contributed by atoms with Crippen molar-refractivity contribution in [1.29, 1.82) is 0 Å². The summed E-state index contributed by atoms with van der Waals surface area (Å²) in [5.74, 6) is 0.473. The largest absolute Gasteiger partial charge is 0.497 e. The van der Waals surface area contributed by atoms with Gasteiger partial charge in [-0.25, -0.2) is 8.42 Å². The Kier molecular flexibility index (Phi) is 9.40. The van der Waals surface area contributed by atoms with E-state index in [-0.39, 0.29) is 18.6 Å². The van der Waals surface area contributed by atoms with Gasteiger partial charge in [-0.05, 0) is 81.8 Å². The summed E-state index contributed by atoms with van der Waals surface area (Å²) in [6.07, 6.45) is 5.37. The Morgan fingerprint density at radius 1 is 1.12 bits per heavy atom. The van der Waals surface area contributed by atoms with E-state index in [2.05, 4.69) is 14.8 Å². The quantitative estimate of drug-likeness (QED) is 0.481. The Labute approximate surface area is 244 Å². The first-order chi connectivity index (χ1) is 19.7. The summed E-state index contributed by atoms with van der Waals surface area (Å²) in [5, 5.41) is 3.21. The van der Waals surface area contributed by atoms with Crippen LogP contribution in [0.2, 0.25) is 0 Å². The number of morpholine rings is 1. The van der Waals surface area contributed by atoms with Crippen molar-refractivity contribution in [3.8, 4) is 5.75 Å². The molecule has 1 N–H and O–H groups in total. The number of fused-ring (bicyclic) bond motifs is 1. The van der Waals surface area contributed by atoms with E-state index in [9.17, 15) is 13.2 Å². The monoisotopic (exact) mass is 588 g/mol. The van der Waals surface area contributed by atoms with E-state index >= 15 is 0 Å². The van der Waals surface area contributed by atoms with Crippen molar-refractivity contribution in [3.63, 3.8) is 0 Å². The molecule has 3 heterocycles. The maximum absolute atomic E-state index is 14.1. The fourth-order valence-corrected chi connectivity index (χ4v) is 8.64. The molecule has 4 unspecified atom stereocenters. The minimum absolute atomic E-state index is 0.0765. The smallest absolute Gasteiger partial charge is 0.249 e. The highest BCUT2D eigenvalue weighted by molar-refractivity contribution is 7.89. The average molecular weight is 589 g/mol. The molecule has 1 amide bonds. The second kappa shape index (κ2) is 12.8. The van der Waals surface area contributed by atoms with E-state index in [4.69, 9.17) is 14.2 Å². The van der Waals surface area contributed by atoms with Crippen LogP contribution in [0, 0.1) is 13.8 Å². The molecule has 1 aromatic heterocycles. The molecule has 1 saturated carbocycles. The van der Waals surface area contributed by atoms with Crippen LogP contribution in [0.1, 0.15) is 55.5 Å². The number of benzene rings is 1. The number of nitrogens with zero attached hydrogens (tertiary/aromatic N) is 3.